The van der Waals surface area contributed by atoms with Crippen molar-refractivity contribution in [3.63, 3.8) is 0 Å². The van der Waals surface area contributed by atoms with Gasteiger partial charge in [0, 0.05) is 4.90 Å². The van der Waals surface area contributed by atoms with Crippen LogP contribution >= 0.6 is 11.8 Å². The highest BCUT2D eigenvalue weighted by molar-refractivity contribution is 7.98. The van der Waals surface area contributed by atoms with Gasteiger partial charge in [0.25, 0.3) is 0 Å². The van der Waals surface area contributed by atoms with Gasteiger partial charge in [-0.25, -0.2) is 14.4 Å². The van der Waals surface area contributed by atoms with Crippen LogP contribution in [0, 0.1) is 6.92 Å². The molecule has 0 bridgehead atoms. The van der Waals surface area contributed by atoms with Gasteiger partial charge in [-0.1, -0.05) is 0 Å². The number of benzene rings is 1. The van der Waals surface area contributed by atoms with Gasteiger partial charge in [-0.3, -0.25) is 0 Å². The third kappa shape index (κ3) is 2.34. The van der Waals surface area contributed by atoms with Crippen LogP contribution in [0.3, 0.4) is 0 Å². The second kappa shape index (κ2) is 5.19. The van der Waals surface area contributed by atoms with Crippen LogP contribution in [0.5, 0.6) is 5.75 Å². The normalized spacial score (nSPS) is 10.2. The fourth-order valence-electron chi connectivity index (χ4n) is 1.75. The lowest BCUT2D eigenvalue weighted by Gasteiger charge is -2.15. The van der Waals surface area contributed by atoms with Gasteiger partial charge in [-0.2, -0.15) is 0 Å². The van der Waals surface area contributed by atoms with Gasteiger partial charge in [0.15, 0.2) is 0 Å². The predicted octanol–water partition coefficient (Wildman–Crippen LogP) is 1.52. The molecule has 1 aromatic rings. The lowest BCUT2D eigenvalue weighted by Crippen LogP contribution is -2.14. The van der Waals surface area contributed by atoms with Crippen molar-refractivity contribution in [2.75, 3.05) is 6.26 Å². The molecule has 0 spiro atoms. The van der Waals surface area contributed by atoms with E-state index in [4.69, 9.17) is 15.3 Å². The molecule has 0 amide bonds. The topological polar surface area (TPSA) is 132 Å². The Morgan fingerprint density at radius 3 is 1.63 bits per heavy atom. The molecule has 0 aliphatic heterocycles. The molecule has 102 valence electrons. The number of rotatable bonds is 4. The number of hydrogen-bond donors (Lipinski definition) is 4. The van der Waals surface area contributed by atoms with E-state index >= 15 is 0 Å². The summed E-state index contributed by atoms with van der Waals surface area (Å²) >= 11 is 0.813. The maximum Gasteiger partial charge on any atom is 0.340 e. The van der Waals surface area contributed by atoms with Crippen LogP contribution in [0.15, 0.2) is 4.90 Å². The van der Waals surface area contributed by atoms with Gasteiger partial charge in [-0.05, 0) is 18.7 Å². The second-order valence-electron chi connectivity index (χ2n) is 3.55. The van der Waals surface area contributed by atoms with Crippen molar-refractivity contribution < 1.29 is 34.8 Å². The highest BCUT2D eigenvalue weighted by Crippen LogP contribution is 2.38. The summed E-state index contributed by atoms with van der Waals surface area (Å²) in [5, 5.41) is 36.9. The highest BCUT2D eigenvalue weighted by Gasteiger charge is 2.30. The van der Waals surface area contributed by atoms with Gasteiger partial charge in [0.2, 0.25) is 0 Å². The Balaban J connectivity index is 3.99. The second-order valence-corrected chi connectivity index (χ2v) is 4.36. The third-order valence-corrected chi connectivity index (χ3v) is 3.34. The van der Waals surface area contributed by atoms with E-state index in [1.54, 1.807) is 0 Å². The first-order valence-electron chi connectivity index (χ1n) is 4.87. The summed E-state index contributed by atoms with van der Waals surface area (Å²) in [7, 11) is 0. The molecule has 7 nitrogen and oxygen atoms in total. The molecule has 0 aromatic heterocycles. The number of hydrogen-bond acceptors (Lipinski definition) is 5. The molecule has 0 atom stereocenters. The van der Waals surface area contributed by atoms with Crippen LogP contribution in [-0.4, -0.2) is 44.6 Å². The van der Waals surface area contributed by atoms with Gasteiger partial charge < -0.3 is 20.4 Å². The molecule has 0 saturated heterocycles. The Morgan fingerprint density at radius 1 is 0.895 bits per heavy atom. The number of aromatic carboxylic acids is 3. The van der Waals surface area contributed by atoms with Crippen molar-refractivity contribution in [3.05, 3.63) is 22.3 Å². The number of thioether (sulfide) groups is 1. The first-order chi connectivity index (χ1) is 8.73. The van der Waals surface area contributed by atoms with Gasteiger partial charge in [-0.15, -0.1) is 11.8 Å². The fourth-order valence-corrected chi connectivity index (χ4v) is 2.58. The monoisotopic (exact) mass is 286 g/mol. The largest absolute Gasteiger partial charge is 0.506 e. The summed E-state index contributed by atoms with van der Waals surface area (Å²) in [5.41, 5.74) is -2.05. The SMILES string of the molecule is CSc1c(C(=O)O)c(C)c(C(=O)O)c(O)c1C(=O)O. The van der Waals surface area contributed by atoms with Crippen molar-refractivity contribution in [3.8, 4) is 5.75 Å². The van der Waals surface area contributed by atoms with Crippen LogP contribution in [-0.2, 0) is 0 Å². The zero-order valence-corrected chi connectivity index (χ0v) is 10.7. The summed E-state index contributed by atoms with van der Waals surface area (Å²) in [6, 6.07) is 0. The van der Waals surface area contributed by atoms with Crippen molar-refractivity contribution in [1.29, 1.82) is 0 Å². The van der Waals surface area contributed by atoms with E-state index in [0.717, 1.165) is 11.8 Å². The van der Waals surface area contributed by atoms with Crippen LogP contribution in [0.25, 0.3) is 0 Å². The van der Waals surface area contributed by atoms with Gasteiger partial charge in [0.05, 0.1) is 5.56 Å². The summed E-state index contributed by atoms with van der Waals surface area (Å²) in [6.45, 7) is 1.21. The van der Waals surface area contributed by atoms with Crippen molar-refractivity contribution in [2.24, 2.45) is 0 Å². The molecule has 8 heteroatoms. The van der Waals surface area contributed by atoms with Crippen LogP contribution < -0.4 is 0 Å². The average Bonchev–Trinajstić information content (AvgIpc) is 2.25. The molecule has 0 unspecified atom stereocenters. The lowest BCUT2D eigenvalue weighted by atomic mass is 9.96. The van der Waals surface area contributed by atoms with Crippen molar-refractivity contribution >= 4 is 29.7 Å². The highest BCUT2D eigenvalue weighted by atomic mass is 32.2. The zero-order chi connectivity index (χ0) is 14.9. The molecule has 4 N–H and O–H groups in total. The summed E-state index contributed by atoms with van der Waals surface area (Å²) in [6.07, 6.45) is 1.44. The van der Waals surface area contributed by atoms with E-state index in [2.05, 4.69) is 0 Å². The molecule has 0 aliphatic rings. The van der Waals surface area contributed by atoms with E-state index in [0.29, 0.717) is 0 Å². The van der Waals surface area contributed by atoms with Crippen LogP contribution in [0.1, 0.15) is 36.6 Å². The third-order valence-electron chi connectivity index (χ3n) is 2.52. The molecule has 1 aromatic carbocycles. The minimum atomic E-state index is -1.59. The maximum atomic E-state index is 11.2. The van der Waals surface area contributed by atoms with Crippen molar-refractivity contribution in [2.45, 2.75) is 11.8 Å². The van der Waals surface area contributed by atoms with Crippen LogP contribution in [0.4, 0.5) is 0 Å². The summed E-state index contributed by atoms with van der Waals surface area (Å²) in [5.74, 6) is -5.57. The Bertz CT molecular complexity index is 550. The quantitative estimate of drug-likeness (QED) is 0.612. The number of phenols is 1. The number of carboxylic acid groups (broad SMARTS) is 3. The number of carbonyl (C=O) groups is 3. The minimum Gasteiger partial charge on any atom is -0.506 e. The zero-order valence-electron chi connectivity index (χ0n) is 9.92. The molecule has 19 heavy (non-hydrogen) atoms. The predicted molar refractivity (Wildman–Crippen MR) is 65.5 cm³/mol. The smallest absolute Gasteiger partial charge is 0.340 e. The minimum absolute atomic E-state index is 0.181. The Morgan fingerprint density at radius 2 is 1.32 bits per heavy atom. The maximum absolute atomic E-state index is 11.2. The molecular formula is C11H10O7S. The Labute approximate surface area is 111 Å². The first kappa shape index (κ1) is 14.8. The van der Waals surface area contributed by atoms with E-state index in [-0.39, 0.29) is 10.5 Å². The number of aromatic hydroxyl groups is 1. The molecular weight excluding hydrogens is 276 g/mol. The van der Waals surface area contributed by atoms with Crippen LogP contribution in [0.2, 0.25) is 0 Å². The Kier molecular flexibility index (Phi) is 4.05. The lowest BCUT2D eigenvalue weighted by molar-refractivity contribution is 0.0686. The van der Waals surface area contributed by atoms with E-state index in [1.165, 1.54) is 13.2 Å². The summed E-state index contributed by atoms with van der Waals surface area (Å²) in [4.78, 5) is 33.1. The molecule has 0 fully saturated rings. The van der Waals surface area contributed by atoms with Gasteiger partial charge >= 0.3 is 17.9 Å². The van der Waals surface area contributed by atoms with E-state index in [1.807, 2.05) is 0 Å². The molecule has 0 saturated carbocycles. The molecule has 1 rings (SSSR count). The van der Waals surface area contributed by atoms with E-state index < -0.39 is 40.3 Å². The average molecular weight is 286 g/mol. The number of carboxylic acids is 3. The van der Waals surface area contributed by atoms with Gasteiger partial charge in [0.1, 0.15) is 16.9 Å². The Hall–Kier alpha value is -2.22. The molecule has 0 aliphatic carbocycles. The molecule has 0 radical (unpaired) electrons. The molecule has 0 heterocycles. The standard InChI is InChI=1S/C11H10O7S/c1-3-4(9(13)14)7(12)6(11(17)18)8(19-2)5(3)10(15)16/h12H,1-2H3,(H,13,14)(H,15,16)(H,17,18). The fraction of sp³-hybridized carbons (Fsp3) is 0.182. The first-order valence-corrected chi connectivity index (χ1v) is 6.09. The van der Waals surface area contributed by atoms with E-state index in [9.17, 15) is 19.5 Å². The summed E-state index contributed by atoms with van der Waals surface area (Å²) < 4.78 is 0. The van der Waals surface area contributed by atoms with Crippen molar-refractivity contribution in [1.82, 2.24) is 0 Å².